The van der Waals surface area contributed by atoms with Gasteiger partial charge in [0.1, 0.15) is 5.82 Å². The van der Waals surface area contributed by atoms with Crippen molar-refractivity contribution in [2.24, 2.45) is 0 Å². The highest BCUT2D eigenvalue weighted by atomic mass is 35.5. The van der Waals surface area contributed by atoms with Gasteiger partial charge in [-0.2, -0.15) is 0 Å². The summed E-state index contributed by atoms with van der Waals surface area (Å²) < 4.78 is 19.2. The van der Waals surface area contributed by atoms with Crippen molar-refractivity contribution in [3.8, 4) is 11.5 Å². The minimum Gasteiger partial charge on any atom is -0.419 e. The van der Waals surface area contributed by atoms with Gasteiger partial charge in [-0.3, -0.25) is 4.79 Å². The third-order valence-electron chi connectivity index (χ3n) is 3.36. The van der Waals surface area contributed by atoms with Gasteiger partial charge in [-0.15, -0.1) is 10.2 Å². The fraction of sp³-hybridized carbons (Fsp3) is 0.118. The van der Waals surface area contributed by atoms with E-state index < -0.39 is 11.7 Å². The molecule has 1 N–H and O–H groups in total. The number of hydrogen-bond acceptors (Lipinski definition) is 4. The van der Waals surface area contributed by atoms with E-state index in [1.54, 1.807) is 0 Å². The van der Waals surface area contributed by atoms with Crippen LogP contribution in [0.15, 0.2) is 46.9 Å². The second kappa shape index (κ2) is 6.80. The summed E-state index contributed by atoms with van der Waals surface area (Å²) in [5.41, 5.74) is 1.69. The molecular weight excluding hydrogens is 333 g/mol. The van der Waals surface area contributed by atoms with E-state index in [1.807, 2.05) is 31.2 Å². The van der Waals surface area contributed by atoms with Crippen molar-refractivity contribution >= 4 is 17.5 Å². The molecule has 3 aromatic rings. The normalized spacial score (nSPS) is 10.6. The Labute approximate surface area is 142 Å². The zero-order valence-electron chi connectivity index (χ0n) is 12.7. The second-order valence-corrected chi connectivity index (χ2v) is 5.55. The molecule has 24 heavy (non-hydrogen) atoms. The number of aromatic nitrogens is 2. The predicted molar refractivity (Wildman–Crippen MR) is 87.1 cm³/mol. The summed E-state index contributed by atoms with van der Waals surface area (Å²) in [4.78, 5) is 12.0. The van der Waals surface area contributed by atoms with E-state index in [2.05, 4.69) is 15.5 Å². The highest BCUT2D eigenvalue weighted by molar-refractivity contribution is 6.33. The lowest BCUT2D eigenvalue weighted by Crippen LogP contribution is -2.24. The van der Waals surface area contributed by atoms with Crippen molar-refractivity contribution in [1.29, 1.82) is 0 Å². The Morgan fingerprint density at radius 3 is 2.67 bits per heavy atom. The Morgan fingerprint density at radius 2 is 1.96 bits per heavy atom. The van der Waals surface area contributed by atoms with Gasteiger partial charge in [0, 0.05) is 5.56 Å². The number of aryl methyl sites for hydroxylation is 1. The van der Waals surface area contributed by atoms with Crippen LogP contribution in [0.4, 0.5) is 4.39 Å². The number of benzene rings is 2. The van der Waals surface area contributed by atoms with Gasteiger partial charge in [-0.25, -0.2) is 4.39 Å². The third-order valence-corrected chi connectivity index (χ3v) is 3.67. The SMILES string of the molecule is Cc1ccc(-c2nnc(CNC(=O)c3c(F)cccc3Cl)o2)cc1. The van der Waals surface area contributed by atoms with E-state index in [1.165, 1.54) is 18.2 Å². The van der Waals surface area contributed by atoms with Crippen LogP contribution in [0.5, 0.6) is 0 Å². The minimum absolute atomic E-state index is 0.0254. The number of nitrogens with one attached hydrogen (secondary N) is 1. The van der Waals surface area contributed by atoms with Crippen LogP contribution in [0.3, 0.4) is 0 Å². The first-order valence-electron chi connectivity index (χ1n) is 7.16. The number of amides is 1. The van der Waals surface area contributed by atoms with Gasteiger partial charge in [0.2, 0.25) is 11.8 Å². The molecule has 1 aromatic heterocycles. The molecule has 0 aliphatic carbocycles. The molecule has 3 rings (SSSR count). The molecule has 0 spiro atoms. The third kappa shape index (κ3) is 3.44. The summed E-state index contributed by atoms with van der Waals surface area (Å²) in [7, 11) is 0. The molecule has 0 saturated carbocycles. The van der Waals surface area contributed by atoms with Crippen molar-refractivity contribution in [3.05, 3.63) is 70.3 Å². The van der Waals surface area contributed by atoms with Gasteiger partial charge in [0.25, 0.3) is 5.91 Å². The largest absolute Gasteiger partial charge is 0.419 e. The fourth-order valence-electron chi connectivity index (χ4n) is 2.10. The molecule has 0 bridgehead atoms. The molecule has 5 nitrogen and oxygen atoms in total. The first kappa shape index (κ1) is 16.1. The summed E-state index contributed by atoms with van der Waals surface area (Å²) in [6, 6.07) is 11.6. The summed E-state index contributed by atoms with van der Waals surface area (Å²) >= 11 is 5.85. The molecule has 1 amide bonds. The molecule has 2 aromatic carbocycles. The van der Waals surface area contributed by atoms with Crippen LogP contribution in [0.1, 0.15) is 21.8 Å². The Balaban J connectivity index is 1.69. The van der Waals surface area contributed by atoms with Crippen molar-refractivity contribution in [2.45, 2.75) is 13.5 Å². The quantitative estimate of drug-likeness (QED) is 0.781. The van der Waals surface area contributed by atoms with E-state index in [-0.39, 0.29) is 23.0 Å². The number of hydrogen-bond donors (Lipinski definition) is 1. The summed E-state index contributed by atoms with van der Waals surface area (Å²) in [5, 5.41) is 10.4. The molecule has 0 aliphatic rings. The molecule has 0 radical (unpaired) electrons. The monoisotopic (exact) mass is 345 g/mol. The minimum atomic E-state index is -0.689. The van der Waals surface area contributed by atoms with Crippen LogP contribution in [0.2, 0.25) is 5.02 Å². The van der Waals surface area contributed by atoms with Crippen LogP contribution < -0.4 is 5.32 Å². The first-order chi connectivity index (χ1) is 11.5. The average Bonchev–Trinajstić information content (AvgIpc) is 3.02. The van der Waals surface area contributed by atoms with Gasteiger partial charge in [-0.1, -0.05) is 35.4 Å². The van der Waals surface area contributed by atoms with Crippen LogP contribution >= 0.6 is 11.6 Å². The lowest BCUT2D eigenvalue weighted by molar-refractivity contribution is 0.0943. The number of nitrogens with zero attached hydrogens (tertiary/aromatic N) is 2. The molecule has 7 heteroatoms. The Kier molecular flexibility index (Phi) is 4.57. The highest BCUT2D eigenvalue weighted by Crippen LogP contribution is 2.20. The van der Waals surface area contributed by atoms with E-state index in [4.69, 9.17) is 16.0 Å². The maximum Gasteiger partial charge on any atom is 0.256 e. The van der Waals surface area contributed by atoms with Gasteiger partial charge < -0.3 is 9.73 Å². The lowest BCUT2D eigenvalue weighted by Gasteiger charge is -2.05. The van der Waals surface area contributed by atoms with Crippen LogP contribution in [-0.4, -0.2) is 16.1 Å². The summed E-state index contributed by atoms with van der Waals surface area (Å²) in [6.07, 6.45) is 0. The maximum absolute atomic E-state index is 13.7. The van der Waals surface area contributed by atoms with Crippen molar-refractivity contribution in [2.75, 3.05) is 0 Å². The topological polar surface area (TPSA) is 68.0 Å². The first-order valence-corrected chi connectivity index (χ1v) is 7.54. The molecule has 0 aliphatic heterocycles. The van der Waals surface area contributed by atoms with E-state index in [0.29, 0.717) is 5.89 Å². The van der Waals surface area contributed by atoms with E-state index in [0.717, 1.165) is 11.1 Å². The van der Waals surface area contributed by atoms with Crippen LogP contribution in [0.25, 0.3) is 11.5 Å². The molecule has 122 valence electrons. The van der Waals surface area contributed by atoms with Gasteiger partial charge in [0.15, 0.2) is 0 Å². The standard InChI is InChI=1S/C17H13ClFN3O2/c1-10-5-7-11(8-6-10)17-22-21-14(24-17)9-20-16(23)15-12(18)3-2-4-13(15)19/h2-8H,9H2,1H3,(H,20,23). The number of carbonyl (C=O) groups is 1. The molecule has 0 fully saturated rings. The number of rotatable bonds is 4. The van der Waals surface area contributed by atoms with Crippen molar-refractivity contribution in [3.63, 3.8) is 0 Å². The van der Waals surface area contributed by atoms with Gasteiger partial charge >= 0.3 is 0 Å². The van der Waals surface area contributed by atoms with Crippen molar-refractivity contribution in [1.82, 2.24) is 15.5 Å². The Morgan fingerprint density at radius 1 is 1.21 bits per heavy atom. The maximum atomic E-state index is 13.7. The predicted octanol–water partition coefficient (Wildman–Crippen LogP) is 3.77. The van der Waals surface area contributed by atoms with Gasteiger partial charge in [0.05, 0.1) is 17.1 Å². The highest BCUT2D eigenvalue weighted by Gasteiger charge is 2.16. The van der Waals surface area contributed by atoms with E-state index >= 15 is 0 Å². The summed E-state index contributed by atoms with van der Waals surface area (Å²) in [6.45, 7) is 1.95. The molecule has 0 saturated heterocycles. The zero-order valence-corrected chi connectivity index (χ0v) is 13.5. The Hall–Kier alpha value is -2.73. The Bertz CT molecular complexity index is 858. The smallest absolute Gasteiger partial charge is 0.256 e. The second-order valence-electron chi connectivity index (χ2n) is 5.15. The number of halogens is 2. The molecule has 0 unspecified atom stereocenters. The fourth-order valence-corrected chi connectivity index (χ4v) is 2.35. The van der Waals surface area contributed by atoms with Crippen molar-refractivity contribution < 1.29 is 13.6 Å². The van der Waals surface area contributed by atoms with Crippen LogP contribution in [-0.2, 0) is 6.54 Å². The number of carbonyl (C=O) groups excluding carboxylic acids is 1. The average molecular weight is 346 g/mol. The zero-order chi connectivity index (χ0) is 17.1. The lowest BCUT2D eigenvalue weighted by atomic mass is 10.1. The van der Waals surface area contributed by atoms with Gasteiger partial charge in [-0.05, 0) is 31.2 Å². The molecule has 1 heterocycles. The summed E-state index contributed by atoms with van der Waals surface area (Å²) in [5.74, 6) is -0.770. The molecule has 0 atom stereocenters. The van der Waals surface area contributed by atoms with Crippen LogP contribution in [0, 0.1) is 12.7 Å². The van der Waals surface area contributed by atoms with E-state index in [9.17, 15) is 9.18 Å². The molecular formula is C17H13ClFN3O2.